The van der Waals surface area contributed by atoms with Crippen molar-refractivity contribution >= 4 is 11.9 Å². The van der Waals surface area contributed by atoms with Crippen LogP contribution in [0.15, 0.2) is 0 Å². The van der Waals surface area contributed by atoms with Crippen molar-refractivity contribution in [2.24, 2.45) is 5.92 Å². The van der Waals surface area contributed by atoms with E-state index in [9.17, 15) is 9.59 Å². The lowest BCUT2D eigenvalue weighted by molar-refractivity contribution is -0.140. The third-order valence-electron chi connectivity index (χ3n) is 3.19. The van der Waals surface area contributed by atoms with Gasteiger partial charge in [-0.2, -0.15) is 0 Å². The summed E-state index contributed by atoms with van der Waals surface area (Å²) in [5, 5.41) is 11.7. The molecule has 0 saturated heterocycles. The molecule has 0 bridgehead atoms. The topological polar surface area (TPSA) is 75.6 Å². The third-order valence-corrected chi connectivity index (χ3v) is 3.19. The maximum atomic E-state index is 11.8. The summed E-state index contributed by atoms with van der Waals surface area (Å²) in [4.78, 5) is 22.5. The Labute approximate surface area is 102 Å². The summed E-state index contributed by atoms with van der Waals surface area (Å²) >= 11 is 0. The second kappa shape index (κ2) is 6.00. The fourth-order valence-corrected chi connectivity index (χ4v) is 2.25. The van der Waals surface area contributed by atoms with E-state index in [2.05, 4.69) is 5.32 Å². The van der Waals surface area contributed by atoms with Gasteiger partial charge in [-0.05, 0) is 25.2 Å². The molecule has 1 saturated carbocycles. The molecule has 1 unspecified atom stereocenters. The summed E-state index contributed by atoms with van der Waals surface area (Å²) < 4.78 is 4.97. The van der Waals surface area contributed by atoms with Gasteiger partial charge < -0.3 is 15.2 Å². The number of nitrogens with one attached hydrogen (secondary N) is 1. The lowest BCUT2D eigenvalue weighted by Gasteiger charge is -2.41. The number of carbonyl (C=O) groups is 2. The van der Waals surface area contributed by atoms with E-state index in [0.717, 1.165) is 19.3 Å². The normalized spacial score (nSPS) is 19.2. The van der Waals surface area contributed by atoms with E-state index in [1.807, 2.05) is 6.92 Å². The maximum Gasteiger partial charge on any atom is 0.305 e. The SMILES string of the molecule is COCC(C)CC(=O)NC1(CC(=O)O)CCC1. The van der Waals surface area contributed by atoms with Crippen LogP contribution in [0.2, 0.25) is 0 Å². The van der Waals surface area contributed by atoms with Crippen molar-refractivity contribution in [3.63, 3.8) is 0 Å². The van der Waals surface area contributed by atoms with Gasteiger partial charge in [-0.25, -0.2) is 0 Å². The van der Waals surface area contributed by atoms with Crippen molar-refractivity contribution in [1.82, 2.24) is 5.32 Å². The molecule has 1 fully saturated rings. The van der Waals surface area contributed by atoms with Crippen molar-refractivity contribution in [2.75, 3.05) is 13.7 Å². The lowest BCUT2D eigenvalue weighted by atomic mass is 9.74. The van der Waals surface area contributed by atoms with Crippen LogP contribution in [0.1, 0.15) is 39.0 Å². The fourth-order valence-electron chi connectivity index (χ4n) is 2.25. The van der Waals surface area contributed by atoms with Crippen LogP contribution in [-0.2, 0) is 14.3 Å². The van der Waals surface area contributed by atoms with Crippen LogP contribution in [0.5, 0.6) is 0 Å². The van der Waals surface area contributed by atoms with Crippen molar-refractivity contribution in [3.05, 3.63) is 0 Å². The van der Waals surface area contributed by atoms with Gasteiger partial charge in [0.05, 0.1) is 12.0 Å². The molecule has 5 heteroatoms. The largest absolute Gasteiger partial charge is 0.481 e. The number of aliphatic carboxylic acids is 1. The Morgan fingerprint density at radius 3 is 2.53 bits per heavy atom. The number of carboxylic acid groups (broad SMARTS) is 1. The number of ether oxygens (including phenoxy) is 1. The number of rotatable bonds is 7. The van der Waals surface area contributed by atoms with Crippen LogP contribution >= 0.6 is 0 Å². The molecule has 1 aliphatic carbocycles. The molecule has 5 nitrogen and oxygen atoms in total. The molecule has 0 heterocycles. The van der Waals surface area contributed by atoms with E-state index in [1.54, 1.807) is 7.11 Å². The molecule has 0 aliphatic heterocycles. The van der Waals surface area contributed by atoms with Gasteiger partial charge in [-0.15, -0.1) is 0 Å². The van der Waals surface area contributed by atoms with Gasteiger partial charge in [0.1, 0.15) is 0 Å². The Morgan fingerprint density at radius 2 is 2.12 bits per heavy atom. The van der Waals surface area contributed by atoms with Crippen LogP contribution in [0.3, 0.4) is 0 Å². The predicted molar refractivity (Wildman–Crippen MR) is 62.6 cm³/mol. The quantitative estimate of drug-likeness (QED) is 0.704. The first-order chi connectivity index (χ1) is 7.97. The van der Waals surface area contributed by atoms with Gasteiger partial charge in [0, 0.05) is 20.1 Å². The van der Waals surface area contributed by atoms with E-state index in [-0.39, 0.29) is 18.2 Å². The molecule has 0 aromatic rings. The molecular formula is C12H21NO4. The zero-order chi connectivity index (χ0) is 12.9. The second-order valence-corrected chi connectivity index (χ2v) is 5.02. The molecule has 0 radical (unpaired) electrons. The highest BCUT2D eigenvalue weighted by atomic mass is 16.5. The number of carboxylic acids is 1. The van der Waals surface area contributed by atoms with Crippen LogP contribution in [-0.4, -0.2) is 36.2 Å². The zero-order valence-electron chi connectivity index (χ0n) is 10.5. The molecule has 0 aromatic heterocycles. The molecule has 1 rings (SSSR count). The number of methoxy groups -OCH3 is 1. The van der Waals surface area contributed by atoms with Gasteiger partial charge in [-0.3, -0.25) is 9.59 Å². The van der Waals surface area contributed by atoms with E-state index in [4.69, 9.17) is 9.84 Å². The van der Waals surface area contributed by atoms with E-state index >= 15 is 0 Å². The van der Waals surface area contributed by atoms with Gasteiger partial charge in [0.25, 0.3) is 0 Å². The standard InChI is InChI=1S/C12H21NO4/c1-9(8-17-2)6-10(14)13-12(4-3-5-12)7-11(15)16/h9H,3-8H2,1-2H3,(H,13,14)(H,15,16). The second-order valence-electron chi connectivity index (χ2n) is 5.02. The monoisotopic (exact) mass is 243 g/mol. The lowest BCUT2D eigenvalue weighted by Crippen LogP contribution is -2.54. The highest BCUT2D eigenvalue weighted by Gasteiger charge is 2.40. The number of amides is 1. The van der Waals surface area contributed by atoms with E-state index < -0.39 is 11.5 Å². The van der Waals surface area contributed by atoms with E-state index in [1.165, 1.54) is 0 Å². The first-order valence-corrected chi connectivity index (χ1v) is 5.99. The fraction of sp³-hybridized carbons (Fsp3) is 0.833. The summed E-state index contributed by atoms with van der Waals surface area (Å²) in [6.07, 6.45) is 2.93. The van der Waals surface area contributed by atoms with Crippen LogP contribution in [0.25, 0.3) is 0 Å². The average Bonchev–Trinajstić information content (AvgIpc) is 2.13. The summed E-state index contributed by atoms with van der Waals surface area (Å²) in [6, 6.07) is 0. The Hall–Kier alpha value is -1.10. The van der Waals surface area contributed by atoms with Gasteiger partial charge in [-0.1, -0.05) is 6.92 Å². The van der Waals surface area contributed by atoms with Gasteiger partial charge >= 0.3 is 5.97 Å². The van der Waals surface area contributed by atoms with Gasteiger partial charge in [0.15, 0.2) is 0 Å². The predicted octanol–water partition coefficient (Wildman–Crippen LogP) is 1.17. The summed E-state index contributed by atoms with van der Waals surface area (Å²) in [6.45, 7) is 2.48. The first-order valence-electron chi connectivity index (χ1n) is 5.99. The Kier molecular flexibility index (Phi) is 4.93. The smallest absolute Gasteiger partial charge is 0.305 e. The number of hydrogen-bond acceptors (Lipinski definition) is 3. The third kappa shape index (κ3) is 4.34. The van der Waals surface area contributed by atoms with Crippen molar-refractivity contribution in [1.29, 1.82) is 0 Å². The average molecular weight is 243 g/mol. The van der Waals surface area contributed by atoms with Gasteiger partial charge in [0.2, 0.25) is 5.91 Å². The molecule has 1 aliphatic rings. The Balaban J connectivity index is 2.40. The van der Waals surface area contributed by atoms with Crippen molar-refractivity contribution in [3.8, 4) is 0 Å². The van der Waals surface area contributed by atoms with Crippen LogP contribution in [0.4, 0.5) is 0 Å². The molecule has 17 heavy (non-hydrogen) atoms. The number of carbonyl (C=O) groups excluding carboxylic acids is 1. The summed E-state index contributed by atoms with van der Waals surface area (Å²) in [5.41, 5.74) is -0.490. The molecular weight excluding hydrogens is 222 g/mol. The van der Waals surface area contributed by atoms with Crippen LogP contribution in [0, 0.1) is 5.92 Å². The summed E-state index contributed by atoms with van der Waals surface area (Å²) in [5.74, 6) is -0.771. The van der Waals surface area contributed by atoms with Crippen molar-refractivity contribution in [2.45, 2.75) is 44.6 Å². The molecule has 2 N–H and O–H groups in total. The molecule has 0 spiro atoms. The molecule has 0 aromatic carbocycles. The van der Waals surface area contributed by atoms with E-state index in [0.29, 0.717) is 13.0 Å². The zero-order valence-corrected chi connectivity index (χ0v) is 10.5. The highest BCUT2D eigenvalue weighted by Crippen LogP contribution is 2.35. The Morgan fingerprint density at radius 1 is 1.47 bits per heavy atom. The highest BCUT2D eigenvalue weighted by molar-refractivity contribution is 5.78. The summed E-state index contributed by atoms with van der Waals surface area (Å²) in [7, 11) is 1.60. The number of hydrogen-bond donors (Lipinski definition) is 2. The molecule has 1 amide bonds. The molecule has 98 valence electrons. The van der Waals surface area contributed by atoms with Crippen molar-refractivity contribution < 1.29 is 19.4 Å². The Bertz CT molecular complexity index is 286. The minimum Gasteiger partial charge on any atom is -0.481 e. The first kappa shape index (κ1) is 14.0. The maximum absolute atomic E-state index is 11.8. The molecule has 1 atom stereocenters. The van der Waals surface area contributed by atoms with Crippen LogP contribution < -0.4 is 5.32 Å². The minimum atomic E-state index is -0.852. The minimum absolute atomic E-state index is 0.0252.